The van der Waals surface area contributed by atoms with E-state index in [4.69, 9.17) is 16.3 Å². The molecule has 0 bridgehead atoms. The van der Waals surface area contributed by atoms with Gasteiger partial charge in [0, 0.05) is 5.38 Å². The van der Waals surface area contributed by atoms with Gasteiger partial charge in [0.1, 0.15) is 4.88 Å². The molecule has 1 aromatic rings. The van der Waals surface area contributed by atoms with Gasteiger partial charge in [-0.25, -0.2) is 4.79 Å². The van der Waals surface area contributed by atoms with Crippen LogP contribution in [0.3, 0.4) is 0 Å². The van der Waals surface area contributed by atoms with Gasteiger partial charge in [-0.1, -0.05) is 11.6 Å². The van der Waals surface area contributed by atoms with Gasteiger partial charge in [0.2, 0.25) is 0 Å². The normalized spacial score (nSPS) is 10.3. The summed E-state index contributed by atoms with van der Waals surface area (Å²) in [6, 6.07) is 1.61. The number of hydrogen-bond acceptors (Lipinski definition) is 3. The first-order chi connectivity index (χ1) is 5.59. The second-order valence-electron chi connectivity index (χ2n) is 2.58. The molecule has 0 aliphatic rings. The molecule has 1 rings (SSSR count). The summed E-state index contributed by atoms with van der Waals surface area (Å²) in [5.74, 6) is -0.304. The molecule has 0 spiro atoms. The summed E-state index contributed by atoms with van der Waals surface area (Å²) in [6.45, 7) is 3.63. The second kappa shape index (κ2) is 3.92. The summed E-state index contributed by atoms with van der Waals surface area (Å²) in [5, 5.41) is 2.29. The number of halogens is 1. The highest BCUT2D eigenvalue weighted by Gasteiger charge is 2.10. The summed E-state index contributed by atoms with van der Waals surface area (Å²) in [4.78, 5) is 11.7. The van der Waals surface area contributed by atoms with Crippen LogP contribution in [0.2, 0.25) is 5.02 Å². The molecule has 0 amide bonds. The van der Waals surface area contributed by atoms with Crippen molar-refractivity contribution in [3.8, 4) is 0 Å². The number of rotatable bonds is 2. The third-order valence-corrected chi connectivity index (χ3v) is 2.37. The van der Waals surface area contributed by atoms with Gasteiger partial charge in [0.25, 0.3) is 0 Å². The van der Waals surface area contributed by atoms with E-state index in [2.05, 4.69) is 0 Å². The zero-order valence-electron chi connectivity index (χ0n) is 6.83. The maximum Gasteiger partial charge on any atom is 0.348 e. The Morgan fingerprint density at radius 1 is 1.67 bits per heavy atom. The number of carbonyl (C=O) groups is 1. The largest absolute Gasteiger partial charge is 0.459 e. The van der Waals surface area contributed by atoms with Crippen LogP contribution in [-0.4, -0.2) is 12.1 Å². The Kier molecular flexibility index (Phi) is 3.12. The summed E-state index contributed by atoms with van der Waals surface area (Å²) in [6.07, 6.45) is -0.0848. The SMILES string of the molecule is CC(C)OC(=O)c1cc(Cl)cs1. The van der Waals surface area contributed by atoms with Crippen molar-refractivity contribution in [3.63, 3.8) is 0 Å². The van der Waals surface area contributed by atoms with E-state index >= 15 is 0 Å². The van der Waals surface area contributed by atoms with Gasteiger partial charge in [-0.15, -0.1) is 11.3 Å². The molecule has 0 saturated carbocycles. The molecule has 4 heteroatoms. The maximum atomic E-state index is 11.2. The van der Waals surface area contributed by atoms with E-state index in [-0.39, 0.29) is 12.1 Å². The minimum absolute atomic E-state index is 0.0848. The molecule has 0 unspecified atom stereocenters. The van der Waals surface area contributed by atoms with Crippen molar-refractivity contribution in [2.75, 3.05) is 0 Å². The van der Waals surface area contributed by atoms with E-state index < -0.39 is 0 Å². The molecule has 1 heterocycles. The van der Waals surface area contributed by atoms with Crippen molar-refractivity contribution in [1.82, 2.24) is 0 Å². The van der Waals surface area contributed by atoms with Gasteiger partial charge < -0.3 is 4.74 Å². The number of esters is 1. The number of carbonyl (C=O) groups excluding carboxylic acids is 1. The van der Waals surface area contributed by atoms with E-state index in [1.165, 1.54) is 11.3 Å². The Morgan fingerprint density at radius 2 is 2.33 bits per heavy atom. The van der Waals surface area contributed by atoms with Crippen LogP contribution in [-0.2, 0) is 4.74 Å². The highest BCUT2D eigenvalue weighted by Crippen LogP contribution is 2.20. The molecule has 0 atom stereocenters. The van der Waals surface area contributed by atoms with E-state index in [0.717, 1.165) is 0 Å². The molecule has 0 fully saturated rings. The molecule has 12 heavy (non-hydrogen) atoms. The number of ether oxygens (including phenoxy) is 1. The first kappa shape index (κ1) is 9.55. The van der Waals surface area contributed by atoms with Gasteiger partial charge in [-0.3, -0.25) is 0 Å². The molecular formula is C8H9ClO2S. The number of hydrogen-bond donors (Lipinski definition) is 0. The molecular weight excluding hydrogens is 196 g/mol. The molecule has 0 aromatic carbocycles. The first-order valence-corrected chi connectivity index (χ1v) is 4.80. The van der Waals surface area contributed by atoms with Crippen LogP contribution in [0, 0.1) is 0 Å². The molecule has 66 valence electrons. The van der Waals surface area contributed by atoms with Crippen molar-refractivity contribution < 1.29 is 9.53 Å². The van der Waals surface area contributed by atoms with Crippen LogP contribution in [0.1, 0.15) is 23.5 Å². The summed E-state index contributed by atoms with van der Waals surface area (Å²) < 4.78 is 4.96. The lowest BCUT2D eigenvalue weighted by Gasteiger charge is -2.04. The first-order valence-electron chi connectivity index (χ1n) is 3.54. The van der Waals surface area contributed by atoms with Crippen molar-refractivity contribution in [2.24, 2.45) is 0 Å². The molecule has 0 radical (unpaired) electrons. The van der Waals surface area contributed by atoms with Crippen LogP contribution in [0.15, 0.2) is 11.4 Å². The van der Waals surface area contributed by atoms with E-state index in [0.29, 0.717) is 9.90 Å². The number of thiophene rings is 1. The summed E-state index contributed by atoms with van der Waals surface area (Å²) in [5.41, 5.74) is 0. The van der Waals surface area contributed by atoms with E-state index in [1.54, 1.807) is 11.4 Å². The topological polar surface area (TPSA) is 26.3 Å². The Bertz CT molecular complexity index is 280. The fourth-order valence-electron chi connectivity index (χ4n) is 0.692. The van der Waals surface area contributed by atoms with Crippen LogP contribution < -0.4 is 0 Å². The monoisotopic (exact) mass is 204 g/mol. The summed E-state index contributed by atoms with van der Waals surface area (Å²) in [7, 11) is 0. The average molecular weight is 205 g/mol. The third-order valence-electron chi connectivity index (χ3n) is 1.11. The van der Waals surface area contributed by atoms with Gasteiger partial charge >= 0.3 is 5.97 Å². The maximum absolute atomic E-state index is 11.2. The van der Waals surface area contributed by atoms with Crippen LogP contribution in [0.25, 0.3) is 0 Å². The van der Waals surface area contributed by atoms with Crippen LogP contribution in [0.4, 0.5) is 0 Å². The minimum Gasteiger partial charge on any atom is -0.459 e. The Labute approximate surface area is 80.1 Å². The fourth-order valence-corrected chi connectivity index (χ4v) is 1.65. The second-order valence-corrected chi connectivity index (χ2v) is 3.93. The minimum atomic E-state index is -0.304. The summed E-state index contributed by atoms with van der Waals surface area (Å²) >= 11 is 6.94. The van der Waals surface area contributed by atoms with Crippen molar-refractivity contribution in [1.29, 1.82) is 0 Å². The van der Waals surface area contributed by atoms with Gasteiger partial charge in [-0.2, -0.15) is 0 Å². The third kappa shape index (κ3) is 2.50. The Balaban J connectivity index is 2.65. The standard InChI is InChI=1S/C8H9ClO2S/c1-5(2)11-8(10)7-3-6(9)4-12-7/h3-5H,1-2H3. The smallest absolute Gasteiger partial charge is 0.348 e. The molecule has 0 N–H and O–H groups in total. The van der Waals surface area contributed by atoms with Crippen LogP contribution >= 0.6 is 22.9 Å². The average Bonchev–Trinajstić information content (AvgIpc) is 2.34. The van der Waals surface area contributed by atoms with E-state index in [1.807, 2.05) is 13.8 Å². The predicted molar refractivity (Wildman–Crippen MR) is 49.9 cm³/mol. The van der Waals surface area contributed by atoms with Crippen molar-refractivity contribution in [3.05, 3.63) is 21.3 Å². The Morgan fingerprint density at radius 3 is 2.75 bits per heavy atom. The Hall–Kier alpha value is -0.540. The van der Waals surface area contributed by atoms with E-state index in [9.17, 15) is 4.79 Å². The van der Waals surface area contributed by atoms with Crippen LogP contribution in [0.5, 0.6) is 0 Å². The van der Waals surface area contributed by atoms with Gasteiger partial charge in [0.05, 0.1) is 11.1 Å². The molecule has 0 saturated heterocycles. The predicted octanol–water partition coefficient (Wildman–Crippen LogP) is 2.97. The zero-order valence-corrected chi connectivity index (χ0v) is 8.41. The lowest BCUT2D eigenvalue weighted by molar-refractivity contribution is 0.0384. The lowest BCUT2D eigenvalue weighted by atomic mass is 10.4. The molecule has 2 nitrogen and oxygen atoms in total. The van der Waals surface area contributed by atoms with Gasteiger partial charge in [0.15, 0.2) is 0 Å². The van der Waals surface area contributed by atoms with Gasteiger partial charge in [-0.05, 0) is 19.9 Å². The fraction of sp³-hybridized carbons (Fsp3) is 0.375. The molecule has 0 aliphatic carbocycles. The quantitative estimate of drug-likeness (QED) is 0.693. The highest BCUT2D eigenvalue weighted by molar-refractivity contribution is 7.12. The van der Waals surface area contributed by atoms with Crippen molar-refractivity contribution >= 4 is 28.9 Å². The zero-order chi connectivity index (χ0) is 9.14. The molecule has 1 aromatic heterocycles. The molecule has 0 aliphatic heterocycles. The lowest BCUT2D eigenvalue weighted by Crippen LogP contribution is -2.09. The highest BCUT2D eigenvalue weighted by atomic mass is 35.5. The van der Waals surface area contributed by atoms with Crippen molar-refractivity contribution in [2.45, 2.75) is 20.0 Å².